The lowest BCUT2D eigenvalue weighted by atomic mass is 10.0. The summed E-state index contributed by atoms with van der Waals surface area (Å²) >= 11 is 0. The first-order chi connectivity index (χ1) is 17.5. The van der Waals surface area contributed by atoms with Gasteiger partial charge in [-0.15, -0.1) is 0 Å². The lowest BCUT2D eigenvalue weighted by Crippen LogP contribution is -2.57. The predicted molar refractivity (Wildman–Crippen MR) is 138 cm³/mol. The number of hydrogen-bond acceptors (Lipinski definition) is 6. The summed E-state index contributed by atoms with van der Waals surface area (Å²) in [4.78, 5) is 44.2. The number of ether oxygens (including phenoxy) is 1. The van der Waals surface area contributed by atoms with Crippen LogP contribution in [0.3, 0.4) is 0 Å². The highest BCUT2D eigenvalue weighted by Gasteiger charge is 2.34. The second-order valence-corrected chi connectivity index (χ2v) is 9.76. The Morgan fingerprint density at radius 2 is 1.73 bits per heavy atom. The van der Waals surface area contributed by atoms with Crippen molar-refractivity contribution in [3.8, 4) is 5.75 Å². The molecule has 3 aromatic rings. The Morgan fingerprint density at radius 3 is 2.35 bits per heavy atom. The third-order valence-corrected chi connectivity index (χ3v) is 6.90. The van der Waals surface area contributed by atoms with Crippen molar-refractivity contribution >= 4 is 28.5 Å². The largest absolute Gasteiger partial charge is 0.496 e. The molecule has 0 spiro atoms. The van der Waals surface area contributed by atoms with Crippen molar-refractivity contribution < 1.29 is 23.5 Å². The van der Waals surface area contributed by atoms with E-state index in [1.165, 1.54) is 49.1 Å². The molecule has 37 heavy (non-hydrogen) atoms. The molecular formula is C27H32FN5O4. The molecule has 0 unspecified atom stereocenters. The van der Waals surface area contributed by atoms with Crippen LogP contribution >= 0.6 is 0 Å². The highest BCUT2D eigenvalue weighted by Crippen LogP contribution is 2.31. The monoisotopic (exact) mass is 509 g/mol. The number of aromatic nitrogens is 1. The summed E-state index contributed by atoms with van der Waals surface area (Å²) in [6, 6.07) is 9.58. The number of nitrogen functional groups attached to an aromatic ring is 1. The van der Waals surface area contributed by atoms with E-state index in [4.69, 9.17) is 10.6 Å². The van der Waals surface area contributed by atoms with Gasteiger partial charge >= 0.3 is 0 Å². The van der Waals surface area contributed by atoms with Crippen molar-refractivity contribution in [3.05, 3.63) is 65.1 Å². The standard InChI is InChI=1S/C27H32FN5O4/c1-16-13-32(17(2)12-31(16)14-18-6-8-19(28)9-7-18)26(35)21-10-20-22(25(34)27(36)30(3)4)15-33(29)23(20)11-24(21)37-5/h6-11,15-17H,12-14,29H2,1-5H3/t16-,17+/m0/s1. The average Bonchev–Trinajstić information content (AvgIpc) is 3.20. The Balaban J connectivity index is 1.63. The summed E-state index contributed by atoms with van der Waals surface area (Å²) in [6.45, 7) is 5.79. The van der Waals surface area contributed by atoms with Crippen LogP contribution in [0.5, 0.6) is 5.75 Å². The number of likely N-dealkylation sites (N-methyl/N-ethyl adjacent to an activating group) is 1. The predicted octanol–water partition coefficient (Wildman–Crippen LogP) is 2.51. The molecule has 1 saturated heterocycles. The topological polar surface area (TPSA) is 101 Å². The number of nitrogens with zero attached hydrogens (tertiary/aromatic N) is 4. The van der Waals surface area contributed by atoms with Crippen molar-refractivity contribution in [2.24, 2.45) is 0 Å². The van der Waals surface area contributed by atoms with Gasteiger partial charge in [-0.2, -0.15) is 0 Å². The minimum absolute atomic E-state index is 0.0555. The molecule has 2 atom stereocenters. The number of rotatable bonds is 6. The first-order valence-corrected chi connectivity index (χ1v) is 12.0. The second kappa shape index (κ2) is 10.2. The normalized spacial score (nSPS) is 18.2. The van der Waals surface area contributed by atoms with E-state index < -0.39 is 11.7 Å². The maximum atomic E-state index is 13.8. The molecule has 0 radical (unpaired) electrons. The summed E-state index contributed by atoms with van der Waals surface area (Å²) in [7, 11) is 4.46. The lowest BCUT2D eigenvalue weighted by Gasteiger charge is -2.44. The molecule has 4 rings (SSSR count). The van der Waals surface area contributed by atoms with E-state index in [-0.39, 0.29) is 29.4 Å². The minimum atomic E-state index is -0.709. The van der Waals surface area contributed by atoms with E-state index in [0.29, 0.717) is 41.9 Å². The molecule has 9 nitrogen and oxygen atoms in total. The van der Waals surface area contributed by atoms with E-state index >= 15 is 0 Å². The van der Waals surface area contributed by atoms with Gasteiger partial charge in [0.15, 0.2) is 0 Å². The van der Waals surface area contributed by atoms with Gasteiger partial charge in [0.25, 0.3) is 17.6 Å². The number of carbonyl (C=O) groups excluding carboxylic acids is 3. The van der Waals surface area contributed by atoms with Crippen molar-refractivity contribution in [2.45, 2.75) is 32.5 Å². The number of Topliss-reactive ketones (excluding diaryl/α,β-unsaturated/α-hetero) is 1. The summed E-state index contributed by atoms with van der Waals surface area (Å²) in [6.07, 6.45) is 1.39. The fraction of sp³-hybridized carbons (Fsp3) is 0.370. The number of nitrogens with two attached hydrogens (primary N) is 1. The van der Waals surface area contributed by atoms with E-state index in [1.807, 2.05) is 13.8 Å². The molecule has 2 N–H and O–H groups in total. The van der Waals surface area contributed by atoms with Crippen LogP contribution in [0.25, 0.3) is 10.9 Å². The van der Waals surface area contributed by atoms with Crippen molar-refractivity contribution in [2.75, 3.05) is 40.1 Å². The number of piperazine rings is 1. The van der Waals surface area contributed by atoms with Gasteiger partial charge in [-0.25, -0.2) is 4.39 Å². The Hall–Kier alpha value is -3.92. The Kier molecular flexibility index (Phi) is 7.22. The summed E-state index contributed by atoms with van der Waals surface area (Å²) in [5.74, 6) is 4.50. The maximum Gasteiger partial charge on any atom is 0.294 e. The van der Waals surface area contributed by atoms with Crippen molar-refractivity contribution in [1.82, 2.24) is 19.4 Å². The molecule has 0 saturated carbocycles. The second-order valence-electron chi connectivity index (χ2n) is 9.76. The number of hydrogen-bond donors (Lipinski definition) is 1. The molecule has 2 aromatic carbocycles. The zero-order chi connectivity index (χ0) is 27.0. The van der Waals surface area contributed by atoms with E-state index in [9.17, 15) is 18.8 Å². The number of ketones is 1. The molecule has 10 heteroatoms. The summed E-state index contributed by atoms with van der Waals surface area (Å²) in [5.41, 5.74) is 1.88. The van der Waals surface area contributed by atoms with Gasteiger partial charge < -0.3 is 20.4 Å². The molecule has 1 fully saturated rings. The van der Waals surface area contributed by atoms with Gasteiger partial charge in [-0.3, -0.25) is 24.0 Å². The number of fused-ring (bicyclic) bond motifs is 1. The third-order valence-electron chi connectivity index (χ3n) is 6.90. The molecule has 2 heterocycles. The molecule has 2 amide bonds. The van der Waals surface area contributed by atoms with Crippen molar-refractivity contribution in [1.29, 1.82) is 0 Å². The summed E-state index contributed by atoms with van der Waals surface area (Å²) in [5, 5.41) is 0.405. The fourth-order valence-electron chi connectivity index (χ4n) is 4.79. The van der Waals surface area contributed by atoms with E-state index in [0.717, 1.165) is 5.56 Å². The van der Waals surface area contributed by atoms with Crippen LogP contribution in [0.15, 0.2) is 42.6 Å². The van der Waals surface area contributed by atoms with E-state index in [2.05, 4.69) is 4.90 Å². The maximum absolute atomic E-state index is 13.8. The van der Waals surface area contributed by atoms with Gasteiger partial charge in [-0.05, 0) is 37.6 Å². The number of benzene rings is 2. The zero-order valence-corrected chi connectivity index (χ0v) is 21.7. The fourth-order valence-corrected chi connectivity index (χ4v) is 4.79. The van der Waals surface area contributed by atoms with Crippen LogP contribution in [0.2, 0.25) is 0 Å². The highest BCUT2D eigenvalue weighted by atomic mass is 19.1. The summed E-state index contributed by atoms with van der Waals surface area (Å²) < 4.78 is 20.1. The smallest absolute Gasteiger partial charge is 0.294 e. The molecule has 196 valence electrons. The zero-order valence-electron chi connectivity index (χ0n) is 21.7. The molecule has 1 aliphatic heterocycles. The highest BCUT2D eigenvalue weighted by molar-refractivity contribution is 6.44. The Labute approximate surface area is 215 Å². The number of carbonyl (C=O) groups is 3. The van der Waals surface area contributed by atoms with Gasteiger partial charge in [0, 0.05) is 63.5 Å². The number of halogens is 1. The van der Waals surface area contributed by atoms with Gasteiger partial charge in [0.1, 0.15) is 11.6 Å². The van der Waals surface area contributed by atoms with Gasteiger partial charge in [0.05, 0.1) is 23.8 Å². The molecule has 0 aliphatic carbocycles. The molecular weight excluding hydrogens is 477 g/mol. The molecule has 1 aromatic heterocycles. The van der Waals surface area contributed by atoms with Crippen LogP contribution < -0.4 is 10.6 Å². The van der Waals surface area contributed by atoms with Gasteiger partial charge in [0.2, 0.25) is 0 Å². The number of methoxy groups -OCH3 is 1. The Bertz CT molecular complexity index is 1350. The Morgan fingerprint density at radius 1 is 1.05 bits per heavy atom. The van der Waals surface area contributed by atoms with Gasteiger partial charge in [-0.1, -0.05) is 12.1 Å². The van der Waals surface area contributed by atoms with E-state index in [1.54, 1.807) is 29.2 Å². The molecule has 0 bridgehead atoms. The SMILES string of the molecule is COc1cc2c(cc1C(=O)N1C[C@H](C)N(Cc3ccc(F)cc3)C[C@H]1C)c(C(=O)C(=O)N(C)C)cn2N. The molecule has 1 aliphatic rings. The van der Waals surface area contributed by atoms with Crippen LogP contribution in [0.1, 0.15) is 40.1 Å². The van der Waals surface area contributed by atoms with Crippen molar-refractivity contribution in [3.63, 3.8) is 0 Å². The number of amides is 2. The average molecular weight is 510 g/mol. The minimum Gasteiger partial charge on any atom is -0.496 e. The first kappa shape index (κ1) is 26.2. The van der Waals surface area contributed by atoms with Crippen LogP contribution in [0, 0.1) is 5.82 Å². The first-order valence-electron chi connectivity index (χ1n) is 12.0. The quantitative estimate of drug-likeness (QED) is 0.311. The van der Waals surface area contributed by atoms with Crippen LogP contribution in [-0.2, 0) is 11.3 Å². The third kappa shape index (κ3) is 5.01. The van der Waals surface area contributed by atoms with Crippen LogP contribution in [-0.4, -0.2) is 83.4 Å². The van der Waals surface area contributed by atoms with Crippen LogP contribution in [0.4, 0.5) is 4.39 Å². The lowest BCUT2D eigenvalue weighted by molar-refractivity contribution is -0.124.